The van der Waals surface area contributed by atoms with E-state index in [9.17, 15) is 14.4 Å². The first kappa shape index (κ1) is 30.9. The van der Waals surface area contributed by atoms with Gasteiger partial charge in [-0.2, -0.15) is 0 Å². The topological polar surface area (TPSA) is 115 Å². The van der Waals surface area contributed by atoms with Crippen LogP contribution in [-0.2, 0) is 30.2 Å². The zero-order valence-electron chi connectivity index (χ0n) is 24.8. The third kappa shape index (κ3) is 7.98. The summed E-state index contributed by atoms with van der Waals surface area (Å²) >= 11 is 0. The van der Waals surface area contributed by atoms with Crippen molar-refractivity contribution in [1.82, 2.24) is 16.0 Å². The molecule has 0 unspecified atom stereocenters. The van der Waals surface area contributed by atoms with Crippen molar-refractivity contribution in [3.8, 4) is 0 Å². The van der Waals surface area contributed by atoms with Crippen LogP contribution < -0.4 is 16.0 Å². The number of ether oxygens (including phenoxy) is 1. The Kier molecular flexibility index (Phi) is 9.43. The summed E-state index contributed by atoms with van der Waals surface area (Å²) in [5.74, 6) is -0.735. The van der Waals surface area contributed by atoms with E-state index in [0.29, 0.717) is 19.2 Å². The highest BCUT2D eigenvalue weighted by molar-refractivity contribution is 6.45. The number of benzene rings is 1. The second kappa shape index (κ2) is 11.9. The first-order chi connectivity index (χ1) is 18.0. The Morgan fingerprint density at radius 2 is 1.67 bits per heavy atom. The van der Waals surface area contributed by atoms with Crippen molar-refractivity contribution in [2.75, 3.05) is 0 Å². The number of alkyl carbamates (subject to hydrolysis) is 1. The summed E-state index contributed by atoms with van der Waals surface area (Å²) < 4.78 is 17.7. The lowest BCUT2D eigenvalue weighted by molar-refractivity contribution is -0.135. The van der Waals surface area contributed by atoms with E-state index >= 15 is 0 Å². The normalized spacial score (nSPS) is 25.7. The van der Waals surface area contributed by atoms with E-state index in [-0.39, 0.29) is 43.9 Å². The van der Waals surface area contributed by atoms with Crippen molar-refractivity contribution in [2.24, 2.45) is 5.92 Å². The van der Waals surface area contributed by atoms with Gasteiger partial charge in [-0.25, -0.2) is 4.79 Å². The number of amides is 3. The Bertz CT molecular complexity index is 1010. The second-order valence-corrected chi connectivity index (χ2v) is 13.0. The van der Waals surface area contributed by atoms with Crippen molar-refractivity contribution >= 4 is 25.0 Å². The van der Waals surface area contributed by atoms with Crippen LogP contribution in [0.5, 0.6) is 0 Å². The number of nitrogens with one attached hydrogen (secondary N) is 3. The third-order valence-corrected chi connectivity index (χ3v) is 7.96. The predicted octanol–water partition coefficient (Wildman–Crippen LogP) is 4.35. The molecule has 1 heterocycles. The van der Waals surface area contributed by atoms with Crippen LogP contribution in [0.15, 0.2) is 30.3 Å². The van der Waals surface area contributed by atoms with Gasteiger partial charge in [0.25, 0.3) is 0 Å². The smallest absolute Gasteiger partial charge is 0.445 e. The van der Waals surface area contributed by atoms with Gasteiger partial charge in [-0.1, -0.05) is 36.8 Å². The number of hydrogen-bond acceptors (Lipinski definition) is 6. The summed E-state index contributed by atoms with van der Waals surface area (Å²) in [7, 11) is -0.336. The lowest BCUT2D eigenvalue weighted by Crippen LogP contribution is -2.63. The fourth-order valence-corrected chi connectivity index (χ4v) is 5.46. The highest BCUT2D eigenvalue weighted by Crippen LogP contribution is 2.42. The standard InChI is InChI=1S/C29H46BN3O6/c1-20(34)32-29(24(35)33-26(2,3)4)18-23(31-25(36)37-19-21-13-10-9-11-14-21)17-22(29)15-12-16-30-38-27(5,6)28(7,8)39-30/h9-11,13-14,22-23H,12,15-19H2,1-8H3,(H,31,36)(H,32,34)(H,33,35)/t22-,23-,29-/m0/s1. The minimum Gasteiger partial charge on any atom is -0.445 e. The van der Waals surface area contributed by atoms with Crippen LogP contribution in [-0.4, -0.2) is 53.3 Å². The molecule has 1 saturated carbocycles. The van der Waals surface area contributed by atoms with Crippen molar-refractivity contribution < 1.29 is 28.4 Å². The minimum absolute atomic E-state index is 0.151. The van der Waals surface area contributed by atoms with E-state index in [1.165, 1.54) is 6.92 Å². The zero-order chi connectivity index (χ0) is 29.1. The SMILES string of the molecule is CC(=O)N[C@@]1(C(=O)NC(C)(C)C)C[C@@H](NC(=O)OCc2ccccc2)C[C@@H]1CCCB1OC(C)(C)C(C)(C)O1. The summed E-state index contributed by atoms with van der Waals surface area (Å²) in [6.45, 7) is 15.4. The maximum absolute atomic E-state index is 13.7. The quantitative estimate of drug-likeness (QED) is 0.399. The largest absolute Gasteiger partial charge is 0.457 e. The van der Waals surface area contributed by atoms with Crippen molar-refractivity contribution in [3.05, 3.63) is 35.9 Å². The molecule has 0 spiro atoms. The summed E-state index contributed by atoms with van der Waals surface area (Å²) in [4.78, 5) is 38.8. The Labute approximate surface area is 233 Å². The van der Waals surface area contributed by atoms with Crippen LogP contribution in [0.2, 0.25) is 6.32 Å². The molecular weight excluding hydrogens is 497 g/mol. The van der Waals surface area contributed by atoms with E-state index in [1.54, 1.807) is 0 Å². The van der Waals surface area contributed by atoms with E-state index in [0.717, 1.165) is 12.0 Å². The maximum atomic E-state index is 13.7. The van der Waals surface area contributed by atoms with E-state index in [2.05, 4.69) is 16.0 Å². The molecule has 0 radical (unpaired) electrons. The Hall–Kier alpha value is -2.59. The second-order valence-electron chi connectivity index (χ2n) is 13.0. The van der Waals surface area contributed by atoms with Crippen LogP contribution in [0.1, 0.15) is 86.6 Å². The average molecular weight is 544 g/mol. The molecule has 1 aliphatic carbocycles. The van der Waals surface area contributed by atoms with Crippen LogP contribution >= 0.6 is 0 Å². The highest BCUT2D eigenvalue weighted by atomic mass is 16.7. The fraction of sp³-hybridized carbons (Fsp3) is 0.690. The molecule has 0 bridgehead atoms. The van der Waals surface area contributed by atoms with Crippen LogP contribution in [0.25, 0.3) is 0 Å². The first-order valence-corrected chi connectivity index (χ1v) is 14.0. The average Bonchev–Trinajstić information content (AvgIpc) is 3.23. The lowest BCUT2D eigenvalue weighted by atomic mass is 9.77. The molecule has 39 heavy (non-hydrogen) atoms. The van der Waals surface area contributed by atoms with E-state index in [4.69, 9.17) is 14.0 Å². The van der Waals surface area contributed by atoms with Gasteiger partial charge >= 0.3 is 13.2 Å². The molecule has 3 N–H and O–H groups in total. The van der Waals surface area contributed by atoms with Gasteiger partial charge in [0.2, 0.25) is 11.8 Å². The third-order valence-electron chi connectivity index (χ3n) is 7.96. The lowest BCUT2D eigenvalue weighted by Gasteiger charge is -2.37. The molecular formula is C29H46BN3O6. The molecule has 2 aliphatic rings. The van der Waals surface area contributed by atoms with Gasteiger partial charge in [0.1, 0.15) is 12.1 Å². The van der Waals surface area contributed by atoms with Crippen LogP contribution in [0.3, 0.4) is 0 Å². The summed E-state index contributed by atoms with van der Waals surface area (Å²) in [5.41, 5.74) is -1.58. The molecule has 0 aromatic heterocycles. The molecule has 1 saturated heterocycles. The van der Waals surface area contributed by atoms with Gasteiger partial charge in [0.15, 0.2) is 0 Å². The molecule has 2 fully saturated rings. The van der Waals surface area contributed by atoms with Gasteiger partial charge in [-0.15, -0.1) is 0 Å². The van der Waals surface area contributed by atoms with Gasteiger partial charge in [-0.05, 0) is 79.1 Å². The van der Waals surface area contributed by atoms with Crippen molar-refractivity contribution in [3.63, 3.8) is 0 Å². The Balaban J connectivity index is 1.72. The molecule has 1 aromatic carbocycles. The zero-order valence-corrected chi connectivity index (χ0v) is 24.8. The van der Waals surface area contributed by atoms with Crippen molar-refractivity contribution in [2.45, 2.75) is 122 Å². The molecule has 1 aliphatic heterocycles. The number of carbonyl (C=O) groups is 3. The molecule has 216 valence electrons. The predicted molar refractivity (Wildman–Crippen MR) is 151 cm³/mol. The van der Waals surface area contributed by atoms with Gasteiger partial charge in [0.05, 0.1) is 11.2 Å². The molecule has 9 nitrogen and oxygen atoms in total. The number of carbonyl (C=O) groups excluding carboxylic acids is 3. The van der Waals surface area contributed by atoms with Crippen LogP contribution in [0, 0.1) is 5.92 Å². The number of rotatable bonds is 9. The van der Waals surface area contributed by atoms with Gasteiger partial charge in [-0.3, -0.25) is 9.59 Å². The summed E-state index contributed by atoms with van der Waals surface area (Å²) in [5, 5.41) is 8.99. The van der Waals surface area contributed by atoms with Crippen molar-refractivity contribution in [1.29, 1.82) is 0 Å². The molecule has 1 aromatic rings. The molecule has 3 atom stereocenters. The molecule has 10 heteroatoms. The Morgan fingerprint density at radius 3 is 2.23 bits per heavy atom. The first-order valence-electron chi connectivity index (χ1n) is 14.0. The van der Waals surface area contributed by atoms with Gasteiger partial charge in [0, 0.05) is 24.9 Å². The molecule has 3 amide bonds. The monoisotopic (exact) mass is 543 g/mol. The fourth-order valence-electron chi connectivity index (χ4n) is 5.46. The maximum Gasteiger partial charge on any atom is 0.457 e. The summed E-state index contributed by atoms with van der Waals surface area (Å²) in [6, 6.07) is 9.11. The van der Waals surface area contributed by atoms with E-state index < -0.39 is 28.4 Å². The van der Waals surface area contributed by atoms with E-state index in [1.807, 2.05) is 78.8 Å². The minimum atomic E-state index is -1.16. The highest BCUT2D eigenvalue weighted by Gasteiger charge is 2.55. The summed E-state index contributed by atoms with van der Waals surface area (Å²) in [6.07, 6.45) is 2.31. The Morgan fingerprint density at radius 1 is 1.05 bits per heavy atom. The number of hydrogen-bond donors (Lipinski definition) is 3. The van der Waals surface area contributed by atoms with Crippen LogP contribution in [0.4, 0.5) is 4.79 Å². The molecule has 3 rings (SSSR count). The van der Waals surface area contributed by atoms with Gasteiger partial charge < -0.3 is 30.0 Å².